The average Bonchev–Trinajstić information content (AvgIpc) is 3.12. The maximum Gasteiger partial charge on any atom is 0.250 e. The Labute approximate surface area is 182 Å². The highest BCUT2D eigenvalue weighted by atomic mass is 16.6. The number of carbonyl (C=O) groups excluding carboxylic acids is 2. The molecule has 0 unspecified atom stereocenters. The standard InChI is InChI=1S/C23H32N2O6/c1-29-13-22(28)25-15-7-8-19-17(9-15)18-10-16(30-20(12-26)23(18)31-19)11-21(27)24-14-5-3-2-4-6-14/h7-9,14,16,18,20,23,26H,2-6,10-13H2,1H3,(H,24,27)(H,25,28)/t16-,18-,20+,23+/m0/s1. The Morgan fingerprint density at radius 3 is 2.74 bits per heavy atom. The molecule has 31 heavy (non-hydrogen) atoms. The summed E-state index contributed by atoms with van der Waals surface area (Å²) in [5, 5.41) is 15.9. The van der Waals surface area contributed by atoms with E-state index >= 15 is 0 Å². The topological polar surface area (TPSA) is 106 Å². The molecule has 0 radical (unpaired) electrons. The van der Waals surface area contributed by atoms with Gasteiger partial charge in [0, 0.05) is 30.3 Å². The highest BCUT2D eigenvalue weighted by Gasteiger charge is 2.46. The van der Waals surface area contributed by atoms with Gasteiger partial charge >= 0.3 is 0 Å². The van der Waals surface area contributed by atoms with Crippen molar-refractivity contribution in [3.8, 4) is 5.75 Å². The zero-order valence-electron chi connectivity index (χ0n) is 18.0. The minimum absolute atomic E-state index is 0.00626. The molecule has 2 fully saturated rings. The molecule has 1 aromatic rings. The Morgan fingerprint density at radius 1 is 1.19 bits per heavy atom. The number of amides is 2. The zero-order chi connectivity index (χ0) is 21.8. The van der Waals surface area contributed by atoms with Crippen molar-refractivity contribution < 1.29 is 28.9 Å². The summed E-state index contributed by atoms with van der Waals surface area (Å²) in [5.74, 6) is 0.504. The molecule has 0 aromatic heterocycles. The summed E-state index contributed by atoms with van der Waals surface area (Å²) >= 11 is 0. The Bertz CT molecular complexity index is 794. The first kappa shape index (κ1) is 22.0. The minimum atomic E-state index is -0.495. The predicted molar refractivity (Wildman–Crippen MR) is 114 cm³/mol. The maximum atomic E-state index is 12.6. The number of carbonyl (C=O) groups is 2. The number of benzene rings is 1. The Hall–Kier alpha value is -2.16. The van der Waals surface area contributed by atoms with Crippen LogP contribution in [0.15, 0.2) is 18.2 Å². The molecule has 8 nitrogen and oxygen atoms in total. The predicted octanol–water partition coefficient (Wildman–Crippen LogP) is 2.10. The molecule has 1 aliphatic carbocycles. The van der Waals surface area contributed by atoms with Gasteiger partial charge in [-0.1, -0.05) is 19.3 Å². The van der Waals surface area contributed by atoms with Crippen LogP contribution in [0.4, 0.5) is 5.69 Å². The van der Waals surface area contributed by atoms with Gasteiger partial charge in [-0.3, -0.25) is 9.59 Å². The van der Waals surface area contributed by atoms with Gasteiger partial charge in [-0.15, -0.1) is 0 Å². The lowest BCUT2D eigenvalue weighted by Gasteiger charge is -2.37. The molecule has 170 valence electrons. The lowest BCUT2D eigenvalue weighted by Crippen LogP contribution is -2.48. The summed E-state index contributed by atoms with van der Waals surface area (Å²) in [5.41, 5.74) is 1.64. The number of methoxy groups -OCH3 is 1. The molecular weight excluding hydrogens is 400 g/mol. The number of anilines is 1. The van der Waals surface area contributed by atoms with Gasteiger partial charge < -0.3 is 30.0 Å². The van der Waals surface area contributed by atoms with Crippen LogP contribution in [0.3, 0.4) is 0 Å². The number of aliphatic hydroxyl groups excluding tert-OH is 1. The van der Waals surface area contributed by atoms with Crippen LogP contribution in [0.25, 0.3) is 0 Å². The monoisotopic (exact) mass is 432 g/mol. The van der Waals surface area contributed by atoms with E-state index in [1.54, 1.807) is 6.07 Å². The van der Waals surface area contributed by atoms with Crippen LogP contribution in [-0.2, 0) is 19.1 Å². The molecule has 1 saturated carbocycles. The molecule has 0 spiro atoms. The first-order valence-electron chi connectivity index (χ1n) is 11.2. The second kappa shape index (κ2) is 9.97. The number of fused-ring (bicyclic) bond motifs is 3. The van der Waals surface area contributed by atoms with Gasteiger partial charge in [0.15, 0.2) is 0 Å². The second-order valence-electron chi connectivity index (χ2n) is 8.74. The lowest BCUT2D eigenvalue weighted by molar-refractivity contribution is -0.142. The van der Waals surface area contributed by atoms with E-state index in [9.17, 15) is 14.7 Å². The molecule has 2 aliphatic heterocycles. The first-order valence-corrected chi connectivity index (χ1v) is 11.2. The fourth-order valence-electron chi connectivity index (χ4n) is 5.04. The molecule has 4 rings (SSSR count). The summed E-state index contributed by atoms with van der Waals surface area (Å²) in [4.78, 5) is 24.5. The van der Waals surface area contributed by atoms with Crippen LogP contribution < -0.4 is 15.4 Å². The molecule has 1 aromatic carbocycles. The largest absolute Gasteiger partial charge is 0.487 e. The van der Waals surface area contributed by atoms with Crippen molar-refractivity contribution >= 4 is 17.5 Å². The fraction of sp³-hybridized carbons (Fsp3) is 0.652. The maximum absolute atomic E-state index is 12.6. The summed E-state index contributed by atoms with van der Waals surface area (Å²) in [6.07, 6.45) is 5.47. The molecule has 2 heterocycles. The molecule has 3 aliphatic rings. The van der Waals surface area contributed by atoms with Crippen molar-refractivity contribution in [1.82, 2.24) is 5.32 Å². The summed E-state index contributed by atoms with van der Waals surface area (Å²) < 4.78 is 17.0. The average molecular weight is 433 g/mol. The number of nitrogens with one attached hydrogen (secondary N) is 2. The highest BCUT2D eigenvalue weighted by Crippen LogP contribution is 2.47. The number of aliphatic hydroxyl groups is 1. The van der Waals surface area contributed by atoms with Crippen molar-refractivity contribution in [2.75, 3.05) is 25.6 Å². The van der Waals surface area contributed by atoms with E-state index in [4.69, 9.17) is 14.2 Å². The van der Waals surface area contributed by atoms with Crippen LogP contribution >= 0.6 is 0 Å². The smallest absolute Gasteiger partial charge is 0.250 e. The normalized spacial score (nSPS) is 27.7. The van der Waals surface area contributed by atoms with Crippen molar-refractivity contribution in [2.24, 2.45) is 0 Å². The van der Waals surface area contributed by atoms with Gasteiger partial charge in [0.2, 0.25) is 11.8 Å². The number of rotatable bonds is 7. The molecule has 8 heteroatoms. The van der Waals surface area contributed by atoms with E-state index < -0.39 is 6.10 Å². The van der Waals surface area contributed by atoms with E-state index in [0.29, 0.717) is 12.1 Å². The van der Waals surface area contributed by atoms with E-state index in [2.05, 4.69) is 10.6 Å². The SMILES string of the molecule is COCC(=O)Nc1ccc2c(c1)[C@@H]1C[C@@H](CC(=O)NC3CCCCC3)O[C@H](CO)[C@@H]1O2. The van der Waals surface area contributed by atoms with Crippen molar-refractivity contribution in [1.29, 1.82) is 0 Å². The summed E-state index contributed by atoms with van der Waals surface area (Å²) in [6, 6.07) is 5.79. The van der Waals surface area contributed by atoms with Gasteiger partial charge in [-0.25, -0.2) is 0 Å². The molecule has 3 N–H and O–H groups in total. The van der Waals surface area contributed by atoms with Crippen molar-refractivity contribution in [3.63, 3.8) is 0 Å². The number of ether oxygens (including phenoxy) is 3. The Kier molecular flexibility index (Phi) is 7.09. The minimum Gasteiger partial charge on any atom is -0.487 e. The third kappa shape index (κ3) is 5.19. The Morgan fingerprint density at radius 2 is 2.00 bits per heavy atom. The number of hydrogen-bond donors (Lipinski definition) is 3. The van der Waals surface area contributed by atoms with Crippen LogP contribution in [0.5, 0.6) is 5.75 Å². The van der Waals surface area contributed by atoms with Gasteiger partial charge in [-0.05, 0) is 37.5 Å². The fourth-order valence-corrected chi connectivity index (χ4v) is 5.04. The lowest BCUT2D eigenvalue weighted by atomic mass is 9.84. The third-order valence-electron chi connectivity index (χ3n) is 6.44. The molecule has 0 bridgehead atoms. The summed E-state index contributed by atoms with van der Waals surface area (Å²) in [7, 11) is 1.47. The van der Waals surface area contributed by atoms with E-state index in [1.807, 2.05) is 12.1 Å². The van der Waals surface area contributed by atoms with Gasteiger partial charge in [0.05, 0.1) is 19.1 Å². The van der Waals surface area contributed by atoms with Gasteiger partial charge in [-0.2, -0.15) is 0 Å². The van der Waals surface area contributed by atoms with E-state index in [0.717, 1.165) is 24.2 Å². The van der Waals surface area contributed by atoms with Crippen LogP contribution in [-0.4, -0.2) is 61.6 Å². The van der Waals surface area contributed by atoms with E-state index in [-0.39, 0.29) is 55.6 Å². The van der Waals surface area contributed by atoms with Crippen molar-refractivity contribution in [3.05, 3.63) is 23.8 Å². The van der Waals surface area contributed by atoms with Crippen LogP contribution in [0.1, 0.15) is 56.4 Å². The van der Waals surface area contributed by atoms with Crippen molar-refractivity contribution in [2.45, 2.75) is 75.2 Å². The molecule has 1 saturated heterocycles. The first-order chi connectivity index (χ1) is 15.1. The second-order valence-corrected chi connectivity index (χ2v) is 8.74. The van der Waals surface area contributed by atoms with E-state index in [1.165, 1.54) is 26.4 Å². The molecule has 2 amide bonds. The van der Waals surface area contributed by atoms with Crippen LogP contribution in [0, 0.1) is 0 Å². The van der Waals surface area contributed by atoms with Gasteiger partial charge in [0.1, 0.15) is 24.6 Å². The third-order valence-corrected chi connectivity index (χ3v) is 6.44. The Balaban J connectivity index is 1.43. The van der Waals surface area contributed by atoms with Crippen LogP contribution in [0.2, 0.25) is 0 Å². The molecule has 4 atom stereocenters. The van der Waals surface area contributed by atoms with Gasteiger partial charge in [0.25, 0.3) is 0 Å². The number of hydrogen-bond acceptors (Lipinski definition) is 6. The molecular formula is C23H32N2O6. The zero-order valence-corrected chi connectivity index (χ0v) is 18.0. The summed E-state index contributed by atoms with van der Waals surface area (Å²) in [6.45, 7) is -0.189. The highest BCUT2D eigenvalue weighted by molar-refractivity contribution is 5.92. The quantitative estimate of drug-likeness (QED) is 0.609.